The number of hydrogen-bond donors (Lipinski definition) is 1. The molecule has 20 heavy (non-hydrogen) atoms. The van der Waals surface area contributed by atoms with E-state index in [2.05, 4.69) is 4.98 Å². The standard InChI is InChI=1S/C13H18F2N2O3/c1-17-10-3-2-8(13(18)19)6-9(10)16-12(17)4-5-20-7-11(14)15/h8,11H,2-7H2,1H3,(H,18,19). The van der Waals surface area contributed by atoms with E-state index in [9.17, 15) is 13.6 Å². The monoisotopic (exact) mass is 288 g/mol. The second-order valence-electron chi connectivity index (χ2n) is 4.97. The highest BCUT2D eigenvalue weighted by molar-refractivity contribution is 5.70. The first kappa shape index (κ1) is 14.9. The largest absolute Gasteiger partial charge is 0.481 e. The number of carboxylic acids is 1. The lowest BCUT2D eigenvalue weighted by molar-refractivity contribution is -0.142. The molecular formula is C13H18F2N2O3. The SMILES string of the molecule is Cn1c(CCOCC(F)F)nc2c1CCC(C(=O)O)C2. The fraction of sp³-hybridized carbons (Fsp3) is 0.692. The van der Waals surface area contributed by atoms with Crippen LogP contribution in [-0.2, 0) is 35.8 Å². The molecular weight excluding hydrogens is 270 g/mol. The summed E-state index contributed by atoms with van der Waals surface area (Å²) in [6.07, 6.45) is -0.262. The van der Waals surface area contributed by atoms with Gasteiger partial charge < -0.3 is 14.4 Å². The summed E-state index contributed by atoms with van der Waals surface area (Å²) in [7, 11) is 1.87. The second kappa shape index (κ2) is 6.30. The number of hydrogen-bond acceptors (Lipinski definition) is 3. The molecule has 0 aliphatic heterocycles. The van der Waals surface area contributed by atoms with E-state index in [-0.39, 0.29) is 12.5 Å². The lowest BCUT2D eigenvalue weighted by Crippen LogP contribution is -2.22. The fourth-order valence-corrected chi connectivity index (χ4v) is 2.54. The quantitative estimate of drug-likeness (QED) is 0.804. The van der Waals surface area contributed by atoms with E-state index in [0.29, 0.717) is 25.7 Å². The van der Waals surface area contributed by atoms with Crippen molar-refractivity contribution in [3.63, 3.8) is 0 Å². The van der Waals surface area contributed by atoms with Gasteiger partial charge in [-0.15, -0.1) is 0 Å². The molecule has 2 rings (SSSR count). The van der Waals surface area contributed by atoms with Crippen LogP contribution in [0.3, 0.4) is 0 Å². The lowest BCUT2D eigenvalue weighted by atomic mass is 9.90. The minimum atomic E-state index is -2.46. The van der Waals surface area contributed by atoms with E-state index in [1.165, 1.54) is 0 Å². The summed E-state index contributed by atoms with van der Waals surface area (Å²) in [4.78, 5) is 15.4. The van der Waals surface area contributed by atoms with Crippen molar-refractivity contribution in [2.24, 2.45) is 13.0 Å². The minimum absolute atomic E-state index is 0.191. The van der Waals surface area contributed by atoms with Crippen LogP contribution in [0.4, 0.5) is 8.78 Å². The summed E-state index contributed by atoms with van der Waals surface area (Å²) in [5, 5.41) is 9.04. The zero-order valence-electron chi connectivity index (χ0n) is 11.3. The van der Waals surface area contributed by atoms with Crippen molar-refractivity contribution in [2.45, 2.75) is 32.1 Å². The predicted octanol–water partition coefficient (Wildman–Crippen LogP) is 1.43. The van der Waals surface area contributed by atoms with E-state index in [4.69, 9.17) is 9.84 Å². The summed E-state index contributed by atoms with van der Waals surface area (Å²) >= 11 is 0. The lowest BCUT2D eigenvalue weighted by Gasteiger charge is -2.18. The minimum Gasteiger partial charge on any atom is -0.481 e. The first-order chi connectivity index (χ1) is 9.49. The van der Waals surface area contributed by atoms with E-state index in [1.54, 1.807) is 0 Å². The number of rotatable bonds is 6. The van der Waals surface area contributed by atoms with E-state index < -0.39 is 19.0 Å². The van der Waals surface area contributed by atoms with Crippen molar-refractivity contribution in [1.29, 1.82) is 0 Å². The number of fused-ring (bicyclic) bond motifs is 1. The average Bonchev–Trinajstić information content (AvgIpc) is 2.71. The maximum absolute atomic E-state index is 11.9. The molecule has 0 aromatic carbocycles. The molecule has 0 spiro atoms. The van der Waals surface area contributed by atoms with Gasteiger partial charge in [0.1, 0.15) is 12.4 Å². The van der Waals surface area contributed by atoms with Gasteiger partial charge in [0, 0.05) is 25.6 Å². The van der Waals surface area contributed by atoms with E-state index in [1.807, 2.05) is 11.6 Å². The Morgan fingerprint density at radius 1 is 1.60 bits per heavy atom. The summed E-state index contributed by atoms with van der Waals surface area (Å²) in [6.45, 7) is -0.373. The fourth-order valence-electron chi connectivity index (χ4n) is 2.54. The van der Waals surface area contributed by atoms with Gasteiger partial charge in [0.25, 0.3) is 6.43 Å². The summed E-state index contributed by atoms with van der Waals surface area (Å²) in [5.41, 5.74) is 1.86. The first-order valence-electron chi connectivity index (χ1n) is 6.61. The third-order valence-corrected chi connectivity index (χ3v) is 3.62. The van der Waals surface area contributed by atoms with Crippen molar-refractivity contribution >= 4 is 5.97 Å². The molecule has 1 aliphatic rings. The Bertz CT molecular complexity index is 488. The Hall–Kier alpha value is -1.50. The number of ether oxygens (including phenoxy) is 1. The molecule has 0 bridgehead atoms. The Balaban J connectivity index is 1.97. The van der Waals surface area contributed by atoms with Gasteiger partial charge in [-0.25, -0.2) is 13.8 Å². The first-order valence-corrected chi connectivity index (χ1v) is 6.61. The number of carboxylic acid groups (broad SMARTS) is 1. The van der Waals surface area contributed by atoms with Crippen LogP contribution in [0.25, 0.3) is 0 Å². The number of alkyl halides is 2. The van der Waals surface area contributed by atoms with Gasteiger partial charge in [-0.2, -0.15) is 0 Å². The highest BCUT2D eigenvalue weighted by Crippen LogP contribution is 2.26. The van der Waals surface area contributed by atoms with Gasteiger partial charge in [-0.05, 0) is 12.8 Å². The molecule has 1 heterocycles. The zero-order chi connectivity index (χ0) is 14.7. The summed E-state index contributed by atoms with van der Waals surface area (Å²) in [6, 6.07) is 0. The molecule has 112 valence electrons. The zero-order valence-corrected chi connectivity index (χ0v) is 11.3. The molecule has 0 fully saturated rings. The van der Waals surface area contributed by atoms with Crippen LogP contribution >= 0.6 is 0 Å². The molecule has 1 aromatic rings. The maximum atomic E-state index is 11.9. The van der Waals surface area contributed by atoms with Crippen LogP contribution in [0.5, 0.6) is 0 Å². The van der Waals surface area contributed by atoms with Crippen molar-refractivity contribution in [3.05, 3.63) is 17.2 Å². The average molecular weight is 288 g/mol. The number of carbonyl (C=O) groups is 1. The smallest absolute Gasteiger partial charge is 0.306 e. The van der Waals surface area contributed by atoms with Crippen molar-refractivity contribution < 1.29 is 23.4 Å². The predicted molar refractivity (Wildman–Crippen MR) is 66.9 cm³/mol. The third-order valence-electron chi connectivity index (χ3n) is 3.62. The van der Waals surface area contributed by atoms with Gasteiger partial charge in [0.05, 0.1) is 18.2 Å². The molecule has 1 aliphatic carbocycles. The highest BCUT2D eigenvalue weighted by Gasteiger charge is 2.28. The number of aliphatic carboxylic acids is 1. The molecule has 0 saturated carbocycles. The number of halogens is 2. The normalized spacial score (nSPS) is 18.3. The molecule has 0 radical (unpaired) electrons. The van der Waals surface area contributed by atoms with Crippen molar-refractivity contribution in [3.8, 4) is 0 Å². The van der Waals surface area contributed by atoms with Gasteiger partial charge in [0.2, 0.25) is 0 Å². The number of nitrogens with zero attached hydrogens (tertiary/aromatic N) is 2. The maximum Gasteiger partial charge on any atom is 0.306 e. The van der Waals surface area contributed by atoms with Crippen molar-refractivity contribution in [1.82, 2.24) is 9.55 Å². The Labute approximate surface area is 115 Å². The molecule has 0 amide bonds. The van der Waals surface area contributed by atoms with E-state index >= 15 is 0 Å². The van der Waals surface area contributed by atoms with Crippen LogP contribution in [0.1, 0.15) is 23.6 Å². The Morgan fingerprint density at radius 3 is 3.00 bits per heavy atom. The topological polar surface area (TPSA) is 64.4 Å². The van der Waals surface area contributed by atoms with Crippen LogP contribution in [0.2, 0.25) is 0 Å². The van der Waals surface area contributed by atoms with Gasteiger partial charge in [-0.3, -0.25) is 4.79 Å². The van der Waals surface area contributed by atoms with Crippen molar-refractivity contribution in [2.75, 3.05) is 13.2 Å². The van der Waals surface area contributed by atoms with Gasteiger partial charge >= 0.3 is 5.97 Å². The number of aromatic nitrogens is 2. The molecule has 1 aromatic heterocycles. The summed E-state index contributed by atoms with van der Waals surface area (Å²) in [5.74, 6) is -0.404. The molecule has 0 saturated heterocycles. The highest BCUT2D eigenvalue weighted by atomic mass is 19.3. The van der Waals surface area contributed by atoms with Gasteiger partial charge in [0.15, 0.2) is 0 Å². The van der Waals surface area contributed by atoms with Crippen LogP contribution in [0, 0.1) is 5.92 Å². The molecule has 1 N–H and O–H groups in total. The van der Waals surface area contributed by atoms with Crippen LogP contribution in [-0.4, -0.2) is 40.3 Å². The number of imidazole rings is 1. The molecule has 1 atom stereocenters. The molecule has 5 nitrogen and oxygen atoms in total. The Kier molecular flexibility index (Phi) is 4.69. The van der Waals surface area contributed by atoms with Crippen LogP contribution < -0.4 is 0 Å². The van der Waals surface area contributed by atoms with Gasteiger partial charge in [-0.1, -0.05) is 0 Å². The molecule has 7 heteroatoms. The second-order valence-corrected chi connectivity index (χ2v) is 4.97. The Morgan fingerprint density at radius 2 is 2.35 bits per heavy atom. The van der Waals surface area contributed by atoms with E-state index in [0.717, 1.165) is 17.2 Å². The summed E-state index contributed by atoms with van der Waals surface area (Å²) < 4.78 is 30.7. The van der Waals surface area contributed by atoms with Crippen LogP contribution in [0.15, 0.2) is 0 Å². The molecule has 1 unspecified atom stereocenters. The third kappa shape index (κ3) is 3.33.